The highest BCUT2D eigenvalue weighted by Crippen LogP contribution is 2.39. The highest BCUT2D eigenvalue weighted by Gasteiger charge is 2.46. The fourth-order valence-corrected chi connectivity index (χ4v) is 4.27. The molecule has 0 aliphatic carbocycles. The number of sulfone groups is 1. The van der Waals surface area contributed by atoms with Gasteiger partial charge in [-0.3, -0.25) is 0 Å². The standard InChI is InChI=1S/C10H12ClNO2S/c1-12-9-6-15(13,14)10(9)7-4-2-3-5-8(7)11/h2-5,9-10,12H,6H2,1H3. The largest absolute Gasteiger partial charge is 0.314 e. The smallest absolute Gasteiger partial charge is 0.160 e. The molecule has 1 aliphatic rings. The van der Waals surface area contributed by atoms with Crippen molar-refractivity contribution >= 4 is 21.4 Å². The van der Waals surface area contributed by atoms with E-state index in [1.165, 1.54) is 0 Å². The lowest BCUT2D eigenvalue weighted by molar-refractivity contribution is 0.483. The lowest BCUT2D eigenvalue weighted by Crippen LogP contribution is -2.52. The van der Waals surface area contributed by atoms with Crippen molar-refractivity contribution in [2.24, 2.45) is 0 Å². The summed E-state index contributed by atoms with van der Waals surface area (Å²) in [7, 11) is -1.24. The fraction of sp³-hybridized carbons (Fsp3) is 0.400. The molecule has 15 heavy (non-hydrogen) atoms. The van der Waals surface area contributed by atoms with E-state index in [4.69, 9.17) is 11.6 Å². The Hall–Kier alpha value is -0.580. The predicted molar refractivity (Wildman–Crippen MR) is 60.8 cm³/mol. The molecule has 1 N–H and O–H groups in total. The third-order valence-corrected chi connectivity index (χ3v) is 5.27. The van der Waals surface area contributed by atoms with Gasteiger partial charge in [-0.15, -0.1) is 0 Å². The van der Waals surface area contributed by atoms with Gasteiger partial charge in [-0.25, -0.2) is 8.42 Å². The van der Waals surface area contributed by atoms with Crippen LogP contribution in [0, 0.1) is 0 Å². The predicted octanol–water partition coefficient (Wildman–Crippen LogP) is 1.40. The highest BCUT2D eigenvalue weighted by atomic mass is 35.5. The SMILES string of the molecule is CNC1CS(=O)(=O)C1c1ccccc1Cl. The Morgan fingerprint density at radius 1 is 1.40 bits per heavy atom. The summed E-state index contributed by atoms with van der Waals surface area (Å²) in [6.07, 6.45) is 0. The van der Waals surface area contributed by atoms with E-state index in [9.17, 15) is 8.42 Å². The van der Waals surface area contributed by atoms with Gasteiger partial charge >= 0.3 is 0 Å². The average molecular weight is 246 g/mol. The highest BCUT2D eigenvalue weighted by molar-refractivity contribution is 7.93. The summed E-state index contributed by atoms with van der Waals surface area (Å²) in [4.78, 5) is 0. The summed E-state index contributed by atoms with van der Waals surface area (Å²) in [6, 6.07) is 7.08. The van der Waals surface area contributed by atoms with E-state index in [1.807, 2.05) is 6.07 Å². The first-order chi connectivity index (χ1) is 7.06. The Balaban J connectivity index is 2.42. The van der Waals surface area contributed by atoms with Crippen molar-refractivity contribution in [2.75, 3.05) is 12.8 Å². The third kappa shape index (κ3) is 1.77. The second kappa shape index (κ2) is 3.77. The first kappa shape index (κ1) is 10.9. The van der Waals surface area contributed by atoms with Crippen LogP contribution in [-0.2, 0) is 9.84 Å². The minimum absolute atomic E-state index is 0.0186. The van der Waals surface area contributed by atoms with Gasteiger partial charge < -0.3 is 5.32 Å². The number of rotatable bonds is 2. The molecule has 5 heteroatoms. The minimum atomic E-state index is -3.01. The van der Waals surface area contributed by atoms with Crippen LogP contribution >= 0.6 is 11.6 Å². The fourth-order valence-electron chi connectivity index (χ4n) is 1.92. The zero-order valence-electron chi connectivity index (χ0n) is 8.27. The van der Waals surface area contributed by atoms with Crippen LogP contribution in [0.15, 0.2) is 24.3 Å². The molecular formula is C10H12ClNO2S. The van der Waals surface area contributed by atoms with Gasteiger partial charge in [-0.05, 0) is 18.7 Å². The maximum Gasteiger partial charge on any atom is 0.160 e. The van der Waals surface area contributed by atoms with Crippen LogP contribution in [0.1, 0.15) is 10.8 Å². The van der Waals surface area contributed by atoms with Gasteiger partial charge in [0.2, 0.25) is 0 Å². The first-order valence-corrected chi connectivity index (χ1v) is 6.79. The molecule has 1 heterocycles. The Bertz CT molecular complexity index is 472. The van der Waals surface area contributed by atoms with Crippen molar-refractivity contribution in [1.82, 2.24) is 5.32 Å². The van der Waals surface area contributed by atoms with Gasteiger partial charge in [0.15, 0.2) is 9.84 Å². The van der Waals surface area contributed by atoms with Crippen LogP contribution in [0.2, 0.25) is 5.02 Å². The van der Waals surface area contributed by atoms with Crippen molar-refractivity contribution < 1.29 is 8.42 Å². The number of benzene rings is 1. The molecule has 0 radical (unpaired) electrons. The Kier molecular flexibility index (Phi) is 2.75. The zero-order chi connectivity index (χ0) is 11.1. The van der Waals surface area contributed by atoms with Crippen LogP contribution in [-0.4, -0.2) is 27.3 Å². The lowest BCUT2D eigenvalue weighted by Gasteiger charge is -2.36. The maximum atomic E-state index is 11.6. The van der Waals surface area contributed by atoms with Crippen LogP contribution in [0.4, 0.5) is 0 Å². The molecule has 2 atom stereocenters. The number of hydrogen-bond acceptors (Lipinski definition) is 3. The normalized spacial score (nSPS) is 28.4. The number of likely N-dealkylation sites (N-methyl/N-ethyl adjacent to an activating group) is 1. The quantitative estimate of drug-likeness (QED) is 0.857. The molecule has 0 aromatic heterocycles. The molecule has 1 fully saturated rings. The summed E-state index contributed by atoms with van der Waals surface area (Å²) in [6.45, 7) is 0. The molecule has 82 valence electrons. The first-order valence-electron chi connectivity index (χ1n) is 4.69. The van der Waals surface area contributed by atoms with Crippen LogP contribution < -0.4 is 5.32 Å². The molecular weight excluding hydrogens is 234 g/mol. The lowest BCUT2D eigenvalue weighted by atomic mass is 10.1. The second-order valence-corrected chi connectivity index (χ2v) is 6.24. The van der Waals surface area contributed by atoms with Gasteiger partial charge in [-0.2, -0.15) is 0 Å². The van der Waals surface area contributed by atoms with Crippen LogP contribution in [0.5, 0.6) is 0 Å². The van der Waals surface area contributed by atoms with E-state index in [0.717, 1.165) is 0 Å². The van der Waals surface area contributed by atoms with Gasteiger partial charge in [0, 0.05) is 11.1 Å². The van der Waals surface area contributed by atoms with Gasteiger partial charge in [0.1, 0.15) is 5.25 Å². The van der Waals surface area contributed by atoms with Gasteiger partial charge in [-0.1, -0.05) is 29.8 Å². The van der Waals surface area contributed by atoms with E-state index in [0.29, 0.717) is 10.6 Å². The van der Waals surface area contributed by atoms with Crippen molar-refractivity contribution in [3.63, 3.8) is 0 Å². The topological polar surface area (TPSA) is 46.2 Å². The van der Waals surface area contributed by atoms with E-state index in [2.05, 4.69) is 5.32 Å². The Morgan fingerprint density at radius 2 is 2.07 bits per heavy atom. The molecule has 2 unspecified atom stereocenters. The van der Waals surface area contributed by atoms with Crippen molar-refractivity contribution in [1.29, 1.82) is 0 Å². The van der Waals surface area contributed by atoms with Gasteiger partial charge in [0.05, 0.1) is 5.75 Å². The summed E-state index contributed by atoms with van der Waals surface area (Å²) in [5, 5.41) is 3.02. The maximum absolute atomic E-state index is 11.6. The van der Waals surface area contributed by atoms with Crippen LogP contribution in [0.25, 0.3) is 0 Å². The molecule has 0 amide bonds. The molecule has 1 aromatic carbocycles. The molecule has 1 aromatic rings. The number of hydrogen-bond donors (Lipinski definition) is 1. The summed E-state index contributed by atoms with van der Waals surface area (Å²) in [5.74, 6) is 0.194. The summed E-state index contributed by atoms with van der Waals surface area (Å²) < 4.78 is 23.3. The molecule has 1 saturated heterocycles. The van der Waals surface area contributed by atoms with Gasteiger partial charge in [0.25, 0.3) is 0 Å². The third-order valence-electron chi connectivity index (χ3n) is 2.75. The number of halogens is 1. The summed E-state index contributed by atoms with van der Waals surface area (Å²) >= 11 is 5.99. The zero-order valence-corrected chi connectivity index (χ0v) is 9.85. The van der Waals surface area contributed by atoms with E-state index < -0.39 is 15.1 Å². The molecule has 3 nitrogen and oxygen atoms in total. The molecule has 0 spiro atoms. The molecule has 2 rings (SSSR count). The van der Waals surface area contributed by atoms with Crippen LogP contribution in [0.3, 0.4) is 0 Å². The van der Waals surface area contributed by atoms with Crippen molar-refractivity contribution in [2.45, 2.75) is 11.3 Å². The number of nitrogens with one attached hydrogen (secondary N) is 1. The van der Waals surface area contributed by atoms with Crippen molar-refractivity contribution in [3.05, 3.63) is 34.9 Å². The molecule has 1 aliphatic heterocycles. The molecule has 0 saturated carbocycles. The molecule has 0 bridgehead atoms. The Labute approximate surface area is 94.4 Å². The van der Waals surface area contributed by atoms with E-state index in [-0.39, 0.29) is 11.8 Å². The van der Waals surface area contributed by atoms with E-state index >= 15 is 0 Å². The average Bonchev–Trinajstić information content (AvgIpc) is 2.18. The van der Waals surface area contributed by atoms with E-state index in [1.54, 1.807) is 25.2 Å². The second-order valence-electron chi connectivity index (χ2n) is 3.67. The minimum Gasteiger partial charge on any atom is -0.314 e. The Morgan fingerprint density at radius 3 is 2.60 bits per heavy atom. The summed E-state index contributed by atoms with van der Waals surface area (Å²) in [5.41, 5.74) is 0.699. The monoisotopic (exact) mass is 245 g/mol. The van der Waals surface area contributed by atoms with Crippen molar-refractivity contribution in [3.8, 4) is 0 Å².